The molecule has 5 nitrogen and oxygen atoms in total. The van der Waals surface area contributed by atoms with Gasteiger partial charge < -0.3 is 15.3 Å². The Morgan fingerprint density at radius 1 is 1.09 bits per heavy atom. The van der Waals surface area contributed by atoms with Crippen molar-refractivity contribution in [2.24, 2.45) is 10.9 Å². The maximum Gasteiger partial charge on any atom is 0.170 e. The molecule has 0 atom stereocenters. The van der Waals surface area contributed by atoms with Gasteiger partial charge >= 0.3 is 0 Å². The molecule has 0 radical (unpaired) electrons. The van der Waals surface area contributed by atoms with Crippen molar-refractivity contribution in [1.82, 2.24) is 0 Å². The molecule has 0 saturated heterocycles. The molecule has 0 saturated carbocycles. The van der Waals surface area contributed by atoms with Crippen molar-refractivity contribution in [3.05, 3.63) is 65.5 Å². The minimum atomic E-state index is -0.340. The van der Waals surface area contributed by atoms with E-state index in [0.29, 0.717) is 16.9 Å². The van der Waals surface area contributed by atoms with Gasteiger partial charge in [-0.25, -0.2) is 4.39 Å². The fraction of sp³-hybridized carbons (Fsp3) is 0.125. The van der Waals surface area contributed by atoms with Crippen LogP contribution >= 0.6 is 0 Å². The van der Waals surface area contributed by atoms with Crippen LogP contribution < -0.4 is 10.5 Å². The zero-order valence-electron chi connectivity index (χ0n) is 11.7. The number of amidine groups is 1. The molecule has 0 fully saturated rings. The Labute approximate surface area is 127 Å². The number of nitrogens with two attached hydrogens (primary N) is 1. The summed E-state index contributed by atoms with van der Waals surface area (Å²) in [6.07, 6.45) is 0. The van der Waals surface area contributed by atoms with Gasteiger partial charge in [0.2, 0.25) is 0 Å². The van der Waals surface area contributed by atoms with E-state index in [0.717, 1.165) is 0 Å². The van der Waals surface area contributed by atoms with E-state index in [-0.39, 0.29) is 24.9 Å². The Morgan fingerprint density at radius 3 is 2.41 bits per heavy atom. The van der Waals surface area contributed by atoms with E-state index in [1.807, 2.05) is 6.07 Å². The molecule has 0 unspecified atom stereocenters. The highest BCUT2D eigenvalue weighted by atomic mass is 19.1. The SMILES string of the molecule is N#Cc1ccc(OCCO/N=C(/N)c2ccc(F)cc2)cc1. The molecule has 6 heteroatoms. The molecule has 112 valence electrons. The molecule has 0 spiro atoms. The summed E-state index contributed by atoms with van der Waals surface area (Å²) in [5.74, 6) is 0.463. The van der Waals surface area contributed by atoms with Gasteiger partial charge in [0.25, 0.3) is 0 Å². The van der Waals surface area contributed by atoms with Gasteiger partial charge in [-0.3, -0.25) is 0 Å². The molecule has 0 heterocycles. The number of nitrogens with zero attached hydrogens (tertiary/aromatic N) is 2. The van der Waals surface area contributed by atoms with Crippen LogP contribution in [0.1, 0.15) is 11.1 Å². The van der Waals surface area contributed by atoms with Gasteiger partial charge in [-0.15, -0.1) is 0 Å². The van der Waals surface area contributed by atoms with E-state index in [2.05, 4.69) is 5.16 Å². The molecular weight excluding hydrogens is 285 g/mol. The normalized spacial score (nSPS) is 10.8. The number of oxime groups is 1. The Bertz CT molecular complexity index is 676. The van der Waals surface area contributed by atoms with Crippen LogP contribution in [0.3, 0.4) is 0 Å². The maximum atomic E-state index is 12.8. The lowest BCUT2D eigenvalue weighted by molar-refractivity contribution is 0.107. The van der Waals surface area contributed by atoms with Crippen molar-refractivity contribution in [2.45, 2.75) is 0 Å². The fourth-order valence-electron chi connectivity index (χ4n) is 1.61. The van der Waals surface area contributed by atoms with Crippen LogP contribution in [0.15, 0.2) is 53.7 Å². The first kappa shape index (κ1) is 15.3. The lowest BCUT2D eigenvalue weighted by Gasteiger charge is -2.05. The van der Waals surface area contributed by atoms with Crippen LogP contribution in [0.5, 0.6) is 5.75 Å². The predicted molar refractivity (Wildman–Crippen MR) is 79.7 cm³/mol. The van der Waals surface area contributed by atoms with E-state index >= 15 is 0 Å². The van der Waals surface area contributed by atoms with Crippen LogP contribution in [0, 0.1) is 17.1 Å². The molecule has 0 aromatic heterocycles. The van der Waals surface area contributed by atoms with Crippen LogP contribution in [-0.4, -0.2) is 19.0 Å². The van der Waals surface area contributed by atoms with E-state index < -0.39 is 0 Å². The maximum absolute atomic E-state index is 12.8. The first-order valence-electron chi connectivity index (χ1n) is 6.53. The van der Waals surface area contributed by atoms with Gasteiger partial charge in [0.1, 0.15) is 18.2 Å². The second-order valence-corrected chi connectivity index (χ2v) is 4.30. The smallest absolute Gasteiger partial charge is 0.170 e. The molecule has 0 bridgehead atoms. The molecule has 0 amide bonds. The zero-order chi connectivity index (χ0) is 15.8. The van der Waals surface area contributed by atoms with Gasteiger partial charge in [0, 0.05) is 5.56 Å². The van der Waals surface area contributed by atoms with Crippen LogP contribution in [-0.2, 0) is 4.84 Å². The standard InChI is InChI=1S/C16H14FN3O2/c17-14-5-3-13(4-6-14)16(19)20-22-10-9-21-15-7-1-12(11-18)2-8-15/h1-8H,9-10H2,(H2,19,20). The predicted octanol–water partition coefficient (Wildman–Crippen LogP) is 2.41. The number of nitriles is 1. The van der Waals surface area contributed by atoms with Crippen molar-refractivity contribution in [3.8, 4) is 11.8 Å². The molecule has 2 N–H and O–H groups in total. The van der Waals surface area contributed by atoms with Gasteiger partial charge in [-0.05, 0) is 48.5 Å². The minimum Gasteiger partial charge on any atom is -0.490 e. The highest BCUT2D eigenvalue weighted by Gasteiger charge is 1.99. The molecule has 2 rings (SSSR count). The van der Waals surface area contributed by atoms with Gasteiger partial charge in [-0.2, -0.15) is 5.26 Å². The van der Waals surface area contributed by atoms with Gasteiger partial charge in [0.05, 0.1) is 11.6 Å². The second kappa shape index (κ2) is 7.64. The summed E-state index contributed by atoms with van der Waals surface area (Å²) >= 11 is 0. The first-order valence-corrected chi connectivity index (χ1v) is 6.53. The van der Waals surface area contributed by atoms with E-state index in [9.17, 15) is 4.39 Å². The Hall–Kier alpha value is -3.07. The number of hydrogen-bond acceptors (Lipinski definition) is 4. The topological polar surface area (TPSA) is 80.6 Å². The van der Waals surface area contributed by atoms with Crippen molar-refractivity contribution >= 4 is 5.84 Å². The summed E-state index contributed by atoms with van der Waals surface area (Å²) in [4.78, 5) is 5.04. The Kier molecular flexibility index (Phi) is 5.32. The minimum absolute atomic E-state index is 0.165. The lowest BCUT2D eigenvalue weighted by Crippen LogP contribution is -2.15. The third-order valence-electron chi connectivity index (χ3n) is 2.73. The van der Waals surface area contributed by atoms with E-state index in [1.54, 1.807) is 24.3 Å². The van der Waals surface area contributed by atoms with Crippen molar-refractivity contribution in [1.29, 1.82) is 5.26 Å². The molecule has 0 aliphatic rings. The Morgan fingerprint density at radius 2 is 1.77 bits per heavy atom. The molecule has 2 aromatic carbocycles. The average molecular weight is 299 g/mol. The van der Waals surface area contributed by atoms with E-state index in [4.69, 9.17) is 20.6 Å². The van der Waals surface area contributed by atoms with E-state index in [1.165, 1.54) is 24.3 Å². The van der Waals surface area contributed by atoms with Crippen molar-refractivity contribution in [3.63, 3.8) is 0 Å². The first-order chi connectivity index (χ1) is 10.7. The van der Waals surface area contributed by atoms with Gasteiger partial charge in [-0.1, -0.05) is 5.16 Å². The molecule has 22 heavy (non-hydrogen) atoms. The summed E-state index contributed by atoms with van der Waals surface area (Å²) in [5, 5.41) is 12.4. The van der Waals surface area contributed by atoms with Crippen molar-refractivity contribution in [2.75, 3.05) is 13.2 Å². The average Bonchev–Trinajstić information content (AvgIpc) is 2.55. The molecular formula is C16H14FN3O2. The monoisotopic (exact) mass is 299 g/mol. The fourth-order valence-corrected chi connectivity index (χ4v) is 1.61. The quantitative estimate of drug-likeness (QED) is 0.384. The highest BCUT2D eigenvalue weighted by molar-refractivity contribution is 5.96. The second-order valence-electron chi connectivity index (χ2n) is 4.30. The number of rotatable bonds is 6. The van der Waals surface area contributed by atoms with Crippen LogP contribution in [0.25, 0.3) is 0 Å². The van der Waals surface area contributed by atoms with Crippen LogP contribution in [0.4, 0.5) is 4.39 Å². The largest absolute Gasteiger partial charge is 0.490 e. The summed E-state index contributed by atoms with van der Waals surface area (Å²) in [6.45, 7) is 0.494. The number of hydrogen-bond donors (Lipinski definition) is 1. The Balaban J connectivity index is 1.75. The summed E-state index contributed by atoms with van der Waals surface area (Å²) in [5.41, 5.74) is 6.85. The summed E-state index contributed by atoms with van der Waals surface area (Å²) in [7, 11) is 0. The zero-order valence-corrected chi connectivity index (χ0v) is 11.7. The van der Waals surface area contributed by atoms with Crippen molar-refractivity contribution < 1.29 is 14.0 Å². The third kappa shape index (κ3) is 4.49. The number of halogens is 1. The summed E-state index contributed by atoms with van der Waals surface area (Å²) in [6, 6.07) is 14.4. The molecule has 0 aliphatic heterocycles. The lowest BCUT2D eigenvalue weighted by atomic mass is 10.2. The summed E-state index contributed by atoms with van der Waals surface area (Å²) < 4.78 is 18.2. The molecule has 0 aliphatic carbocycles. The van der Waals surface area contributed by atoms with Crippen LogP contribution in [0.2, 0.25) is 0 Å². The highest BCUT2D eigenvalue weighted by Crippen LogP contribution is 2.11. The van der Waals surface area contributed by atoms with Gasteiger partial charge in [0.15, 0.2) is 12.4 Å². The third-order valence-corrected chi connectivity index (χ3v) is 2.73. The molecule has 2 aromatic rings. The number of benzene rings is 2. The number of ether oxygens (including phenoxy) is 1.